The van der Waals surface area contributed by atoms with Crippen molar-refractivity contribution in [2.75, 3.05) is 0 Å². The highest BCUT2D eigenvalue weighted by atomic mass is 16.1. The molecular formula is C17H23N3O. The van der Waals surface area contributed by atoms with Gasteiger partial charge in [0.2, 0.25) is 5.91 Å². The van der Waals surface area contributed by atoms with Gasteiger partial charge < -0.3 is 9.88 Å². The number of amides is 1. The molecule has 1 aromatic carbocycles. The topological polar surface area (TPSA) is 46.9 Å². The molecule has 0 bridgehead atoms. The maximum atomic E-state index is 11.7. The Morgan fingerprint density at radius 1 is 1.43 bits per heavy atom. The van der Waals surface area contributed by atoms with Gasteiger partial charge in [-0.05, 0) is 36.5 Å². The first-order valence-corrected chi connectivity index (χ1v) is 7.76. The third-order valence-corrected chi connectivity index (χ3v) is 4.01. The van der Waals surface area contributed by atoms with E-state index in [1.165, 1.54) is 24.2 Å². The van der Waals surface area contributed by atoms with Gasteiger partial charge in [-0.15, -0.1) is 0 Å². The summed E-state index contributed by atoms with van der Waals surface area (Å²) >= 11 is 0. The maximum Gasteiger partial charge on any atom is 0.220 e. The molecule has 1 fully saturated rings. The second-order valence-electron chi connectivity index (χ2n) is 6.50. The number of benzene rings is 1. The number of nitrogens with zero attached hydrogens (tertiary/aromatic N) is 2. The number of carbonyl (C=O) groups is 1. The largest absolute Gasteiger partial charge is 0.352 e. The fourth-order valence-corrected chi connectivity index (χ4v) is 2.72. The van der Waals surface area contributed by atoms with Gasteiger partial charge in [-0.1, -0.05) is 19.9 Å². The molecule has 1 aliphatic carbocycles. The van der Waals surface area contributed by atoms with Gasteiger partial charge in [0.1, 0.15) is 5.82 Å². The van der Waals surface area contributed by atoms with Crippen molar-refractivity contribution in [2.45, 2.75) is 45.6 Å². The van der Waals surface area contributed by atoms with E-state index in [1.807, 2.05) is 0 Å². The minimum absolute atomic E-state index is 0.116. The van der Waals surface area contributed by atoms with Crippen molar-refractivity contribution in [1.29, 1.82) is 0 Å². The van der Waals surface area contributed by atoms with Crippen molar-refractivity contribution in [3.8, 4) is 0 Å². The minimum atomic E-state index is 0.116. The van der Waals surface area contributed by atoms with E-state index in [0.29, 0.717) is 24.8 Å². The number of rotatable bonds is 5. The number of aryl methyl sites for hydroxylation is 1. The Kier molecular flexibility index (Phi) is 3.70. The predicted molar refractivity (Wildman–Crippen MR) is 84.0 cm³/mol. The number of aromatic nitrogens is 2. The van der Waals surface area contributed by atoms with Gasteiger partial charge in [0.25, 0.3) is 0 Å². The summed E-state index contributed by atoms with van der Waals surface area (Å²) in [5.74, 6) is 2.36. The summed E-state index contributed by atoms with van der Waals surface area (Å²) in [6.07, 6.45) is 3.10. The summed E-state index contributed by atoms with van der Waals surface area (Å²) in [6.45, 7) is 4.69. The lowest BCUT2D eigenvalue weighted by Gasteiger charge is -2.07. The highest BCUT2D eigenvalue weighted by Gasteiger charge is 2.28. The van der Waals surface area contributed by atoms with Gasteiger partial charge in [0.05, 0.1) is 11.0 Å². The molecule has 112 valence electrons. The maximum absolute atomic E-state index is 11.7. The van der Waals surface area contributed by atoms with Crippen LogP contribution in [0.5, 0.6) is 0 Å². The van der Waals surface area contributed by atoms with Crippen LogP contribution in [0.15, 0.2) is 18.2 Å². The van der Waals surface area contributed by atoms with Crippen molar-refractivity contribution < 1.29 is 4.79 Å². The normalized spacial score (nSPS) is 14.9. The first-order chi connectivity index (χ1) is 10.0. The summed E-state index contributed by atoms with van der Waals surface area (Å²) in [7, 11) is 2.09. The second-order valence-corrected chi connectivity index (χ2v) is 6.50. The van der Waals surface area contributed by atoms with E-state index >= 15 is 0 Å². The molecule has 1 aliphatic rings. The number of hydrogen-bond acceptors (Lipinski definition) is 2. The Bertz CT molecular complexity index is 668. The van der Waals surface area contributed by atoms with Gasteiger partial charge in [-0.25, -0.2) is 4.98 Å². The highest BCUT2D eigenvalue weighted by Crippen LogP contribution is 2.40. The Labute approximate surface area is 125 Å². The molecule has 1 saturated carbocycles. The van der Waals surface area contributed by atoms with Gasteiger partial charge in [-0.3, -0.25) is 4.79 Å². The third kappa shape index (κ3) is 3.09. The second kappa shape index (κ2) is 5.51. The molecule has 1 amide bonds. The van der Waals surface area contributed by atoms with Crippen LogP contribution < -0.4 is 5.32 Å². The average Bonchev–Trinajstić information content (AvgIpc) is 3.21. The molecule has 0 unspecified atom stereocenters. The van der Waals surface area contributed by atoms with E-state index < -0.39 is 0 Å². The average molecular weight is 285 g/mol. The molecule has 3 rings (SSSR count). The lowest BCUT2D eigenvalue weighted by molar-refractivity contribution is -0.121. The van der Waals surface area contributed by atoms with Gasteiger partial charge >= 0.3 is 0 Å². The van der Waals surface area contributed by atoms with Crippen molar-refractivity contribution in [3.63, 3.8) is 0 Å². The highest BCUT2D eigenvalue weighted by molar-refractivity contribution is 5.78. The van der Waals surface area contributed by atoms with E-state index in [2.05, 4.69) is 49.0 Å². The zero-order valence-corrected chi connectivity index (χ0v) is 13.0. The number of hydrogen-bond donors (Lipinski definition) is 1. The van der Waals surface area contributed by atoms with E-state index in [0.717, 1.165) is 11.1 Å². The van der Waals surface area contributed by atoms with Crippen LogP contribution in [0.4, 0.5) is 0 Å². The van der Waals surface area contributed by atoms with Crippen LogP contribution >= 0.6 is 0 Å². The molecule has 1 heterocycles. The van der Waals surface area contributed by atoms with Crippen LogP contribution in [-0.2, 0) is 18.4 Å². The van der Waals surface area contributed by atoms with Crippen molar-refractivity contribution in [1.82, 2.24) is 14.9 Å². The number of imidazole rings is 1. The molecule has 1 N–H and O–H groups in total. The molecular weight excluding hydrogens is 262 g/mol. The Balaban J connectivity index is 1.73. The molecule has 21 heavy (non-hydrogen) atoms. The summed E-state index contributed by atoms with van der Waals surface area (Å²) in [5.41, 5.74) is 3.32. The molecule has 2 aromatic rings. The molecule has 0 radical (unpaired) electrons. The third-order valence-electron chi connectivity index (χ3n) is 4.01. The molecule has 0 spiro atoms. The van der Waals surface area contributed by atoms with Crippen LogP contribution in [-0.4, -0.2) is 15.5 Å². The van der Waals surface area contributed by atoms with Crippen LogP contribution in [0.25, 0.3) is 11.0 Å². The number of fused-ring (bicyclic) bond motifs is 1. The van der Waals surface area contributed by atoms with Crippen LogP contribution in [0.1, 0.15) is 50.4 Å². The Hall–Kier alpha value is -1.84. The van der Waals surface area contributed by atoms with E-state index in [-0.39, 0.29) is 5.91 Å². The Morgan fingerprint density at radius 3 is 2.86 bits per heavy atom. The van der Waals surface area contributed by atoms with Crippen molar-refractivity contribution >= 4 is 16.9 Å². The quantitative estimate of drug-likeness (QED) is 0.917. The number of nitrogens with one attached hydrogen (secondary N) is 1. The fraction of sp³-hybridized carbons (Fsp3) is 0.529. The molecule has 4 heteroatoms. The first-order valence-electron chi connectivity index (χ1n) is 7.76. The number of carbonyl (C=O) groups excluding carboxylic acids is 1. The summed E-state index contributed by atoms with van der Waals surface area (Å²) in [4.78, 5) is 16.5. The molecule has 4 nitrogen and oxygen atoms in total. The minimum Gasteiger partial charge on any atom is -0.352 e. The van der Waals surface area contributed by atoms with Crippen LogP contribution in [0, 0.1) is 5.92 Å². The van der Waals surface area contributed by atoms with Gasteiger partial charge in [0.15, 0.2) is 0 Å². The summed E-state index contributed by atoms with van der Waals surface area (Å²) in [5, 5.41) is 2.98. The molecule has 0 saturated heterocycles. The molecule has 0 aliphatic heterocycles. The first kappa shape index (κ1) is 14.1. The fourth-order valence-electron chi connectivity index (χ4n) is 2.72. The van der Waals surface area contributed by atoms with Gasteiger partial charge in [0, 0.05) is 25.9 Å². The lowest BCUT2D eigenvalue weighted by atomic mass is 10.1. The smallest absolute Gasteiger partial charge is 0.220 e. The Morgan fingerprint density at radius 2 is 2.19 bits per heavy atom. The van der Waals surface area contributed by atoms with Gasteiger partial charge in [-0.2, -0.15) is 0 Å². The molecule has 0 atom stereocenters. The zero-order chi connectivity index (χ0) is 15.0. The van der Waals surface area contributed by atoms with Crippen LogP contribution in [0.2, 0.25) is 0 Å². The van der Waals surface area contributed by atoms with E-state index in [1.54, 1.807) is 0 Å². The molecule has 1 aromatic heterocycles. The van der Waals surface area contributed by atoms with E-state index in [9.17, 15) is 4.79 Å². The monoisotopic (exact) mass is 285 g/mol. The lowest BCUT2D eigenvalue weighted by Crippen LogP contribution is -2.23. The predicted octanol–water partition coefficient (Wildman–Crippen LogP) is 3.11. The van der Waals surface area contributed by atoms with Crippen molar-refractivity contribution in [2.24, 2.45) is 13.0 Å². The zero-order valence-electron chi connectivity index (χ0n) is 13.0. The van der Waals surface area contributed by atoms with Crippen molar-refractivity contribution in [3.05, 3.63) is 29.6 Å². The summed E-state index contributed by atoms with van der Waals surface area (Å²) < 4.78 is 2.20. The standard InChI is InChI=1S/C17H23N3O/c1-11(2)8-16(21)18-10-12-4-7-15-14(9-12)19-17(20(15)3)13-5-6-13/h4,7,9,11,13H,5-6,8,10H2,1-3H3,(H,18,21). The van der Waals surface area contributed by atoms with Crippen LogP contribution in [0.3, 0.4) is 0 Å². The van der Waals surface area contributed by atoms with E-state index in [4.69, 9.17) is 4.98 Å². The summed E-state index contributed by atoms with van der Waals surface area (Å²) in [6, 6.07) is 6.28. The SMILES string of the molecule is CC(C)CC(=O)NCc1ccc2c(c1)nc(C1CC1)n2C.